The zero-order valence-corrected chi connectivity index (χ0v) is 14.1. The number of thiophene rings is 1. The van der Waals surface area contributed by atoms with Crippen LogP contribution in [0.3, 0.4) is 0 Å². The quantitative estimate of drug-likeness (QED) is 0.788. The standard InChI is InChI=1S/C16H20BrNS/c1-4-7-18-16(14-5-6-15(17)19-14)13-9-11(2)8-12(3)10-13/h5-6,8-10,16,18H,4,7H2,1-3H3. The molecule has 1 aromatic carbocycles. The highest BCUT2D eigenvalue weighted by Gasteiger charge is 2.15. The molecule has 0 aliphatic carbocycles. The molecule has 19 heavy (non-hydrogen) atoms. The van der Waals surface area contributed by atoms with E-state index in [1.54, 1.807) is 11.3 Å². The molecule has 0 aliphatic heterocycles. The number of rotatable bonds is 5. The van der Waals surface area contributed by atoms with E-state index >= 15 is 0 Å². The minimum Gasteiger partial charge on any atom is -0.306 e. The van der Waals surface area contributed by atoms with Crippen LogP contribution >= 0.6 is 27.3 Å². The number of halogens is 1. The van der Waals surface area contributed by atoms with Crippen molar-refractivity contribution >= 4 is 27.3 Å². The zero-order chi connectivity index (χ0) is 13.8. The van der Waals surface area contributed by atoms with Gasteiger partial charge in [0.2, 0.25) is 0 Å². The highest BCUT2D eigenvalue weighted by Crippen LogP contribution is 2.32. The molecule has 0 fully saturated rings. The summed E-state index contributed by atoms with van der Waals surface area (Å²) in [6.45, 7) is 7.57. The van der Waals surface area contributed by atoms with Crippen LogP contribution in [0.2, 0.25) is 0 Å². The van der Waals surface area contributed by atoms with Gasteiger partial charge in [0.05, 0.1) is 9.83 Å². The summed E-state index contributed by atoms with van der Waals surface area (Å²) in [5.74, 6) is 0. The first-order valence-corrected chi connectivity index (χ1v) is 8.28. The lowest BCUT2D eigenvalue weighted by Crippen LogP contribution is -2.22. The van der Waals surface area contributed by atoms with Crippen molar-refractivity contribution in [2.24, 2.45) is 0 Å². The van der Waals surface area contributed by atoms with E-state index in [0.717, 1.165) is 13.0 Å². The highest BCUT2D eigenvalue weighted by atomic mass is 79.9. The molecule has 1 nitrogen and oxygen atoms in total. The van der Waals surface area contributed by atoms with E-state index in [1.807, 2.05) is 0 Å². The summed E-state index contributed by atoms with van der Waals surface area (Å²) in [5.41, 5.74) is 4.02. The van der Waals surface area contributed by atoms with E-state index in [4.69, 9.17) is 0 Å². The minimum absolute atomic E-state index is 0.301. The van der Waals surface area contributed by atoms with Crippen molar-refractivity contribution in [1.29, 1.82) is 0 Å². The molecule has 1 unspecified atom stereocenters. The van der Waals surface area contributed by atoms with Crippen molar-refractivity contribution in [2.45, 2.75) is 33.2 Å². The maximum Gasteiger partial charge on any atom is 0.0702 e. The van der Waals surface area contributed by atoms with Gasteiger partial charge in [-0.05, 0) is 60.4 Å². The van der Waals surface area contributed by atoms with Gasteiger partial charge in [0.1, 0.15) is 0 Å². The molecule has 0 radical (unpaired) electrons. The van der Waals surface area contributed by atoms with Gasteiger partial charge in [-0.15, -0.1) is 11.3 Å². The smallest absolute Gasteiger partial charge is 0.0702 e. The van der Waals surface area contributed by atoms with Crippen LogP contribution in [0.5, 0.6) is 0 Å². The third-order valence-corrected chi connectivity index (χ3v) is 4.74. The van der Waals surface area contributed by atoms with Gasteiger partial charge in [-0.3, -0.25) is 0 Å². The molecule has 2 aromatic rings. The van der Waals surface area contributed by atoms with Crippen molar-refractivity contribution in [3.63, 3.8) is 0 Å². The molecule has 0 spiro atoms. The van der Waals surface area contributed by atoms with Crippen molar-refractivity contribution < 1.29 is 0 Å². The molecule has 0 bridgehead atoms. The SMILES string of the molecule is CCCNC(c1cc(C)cc(C)c1)c1ccc(Br)s1. The molecule has 0 aliphatic rings. The van der Waals surface area contributed by atoms with Crippen LogP contribution in [0.25, 0.3) is 0 Å². The fourth-order valence-corrected chi connectivity index (χ4v) is 3.86. The van der Waals surface area contributed by atoms with Gasteiger partial charge >= 0.3 is 0 Å². The molecule has 1 atom stereocenters. The van der Waals surface area contributed by atoms with Crippen molar-refractivity contribution in [3.8, 4) is 0 Å². The summed E-state index contributed by atoms with van der Waals surface area (Å²) < 4.78 is 1.19. The lowest BCUT2D eigenvalue weighted by Gasteiger charge is -2.19. The van der Waals surface area contributed by atoms with Crippen LogP contribution in [-0.4, -0.2) is 6.54 Å². The van der Waals surface area contributed by atoms with E-state index < -0.39 is 0 Å². The lowest BCUT2D eigenvalue weighted by molar-refractivity contribution is 0.605. The average Bonchev–Trinajstić information content (AvgIpc) is 2.75. The van der Waals surface area contributed by atoms with Gasteiger partial charge in [-0.25, -0.2) is 0 Å². The van der Waals surface area contributed by atoms with E-state index in [9.17, 15) is 0 Å². The van der Waals surface area contributed by atoms with Gasteiger partial charge in [0.25, 0.3) is 0 Å². The highest BCUT2D eigenvalue weighted by molar-refractivity contribution is 9.11. The van der Waals surface area contributed by atoms with E-state index in [1.165, 1.54) is 25.4 Å². The first-order chi connectivity index (χ1) is 9.10. The summed E-state index contributed by atoms with van der Waals surface area (Å²) >= 11 is 5.37. The molecule has 1 heterocycles. The molecule has 2 rings (SSSR count). The zero-order valence-electron chi connectivity index (χ0n) is 11.7. The normalized spacial score (nSPS) is 12.6. The Bertz CT molecular complexity index is 527. The Morgan fingerprint density at radius 1 is 1.16 bits per heavy atom. The van der Waals surface area contributed by atoms with E-state index in [-0.39, 0.29) is 0 Å². The number of nitrogens with one attached hydrogen (secondary N) is 1. The molecule has 102 valence electrons. The molecule has 0 amide bonds. The van der Waals surface area contributed by atoms with Gasteiger partial charge in [-0.1, -0.05) is 36.2 Å². The number of hydrogen-bond donors (Lipinski definition) is 1. The van der Waals surface area contributed by atoms with E-state index in [2.05, 4.69) is 72.3 Å². The van der Waals surface area contributed by atoms with Gasteiger partial charge in [-0.2, -0.15) is 0 Å². The van der Waals surface area contributed by atoms with Gasteiger partial charge in [0.15, 0.2) is 0 Å². The molecule has 1 N–H and O–H groups in total. The maximum atomic E-state index is 3.66. The summed E-state index contributed by atoms with van der Waals surface area (Å²) in [5, 5.41) is 3.66. The number of benzene rings is 1. The third-order valence-electron chi connectivity index (χ3n) is 3.05. The van der Waals surface area contributed by atoms with Crippen molar-refractivity contribution in [1.82, 2.24) is 5.32 Å². The molecule has 0 saturated carbocycles. The molecule has 1 aromatic heterocycles. The lowest BCUT2D eigenvalue weighted by atomic mass is 10.00. The summed E-state index contributed by atoms with van der Waals surface area (Å²) in [7, 11) is 0. The van der Waals surface area contributed by atoms with Crippen molar-refractivity contribution in [2.75, 3.05) is 6.54 Å². The summed E-state index contributed by atoms with van der Waals surface area (Å²) in [6, 6.07) is 11.4. The molecular formula is C16H20BrNS. The van der Waals surface area contributed by atoms with Crippen LogP contribution in [0, 0.1) is 13.8 Å². The predicted octanol–water partition coefficient (Wildman–Crippen LogP) is 5.22. The molecule has 3 heteroatoms. The Morgan fingerprint density at radius 3 is 2.37 bits per heavy atom. The minimum atomic E-state index is 0.301. The Balaban J connectivity index is 2.36. The van der Waals surface area contributed by atoms with Crippen LogP contribution in [0.4, 0.5) is 0 Å². The monoisotopic (exact) mass is 337 g/mol. The van der Waals surface area contributed by atoms with Gasteiger partial charge < -0.3 is 5.32 Å². The predicted molar refractivity (Wildman–Crippen MR) is 88.1 cm³/mol. The maximum absolute atomic E-state index is 3.66. The van der Waals surface area contributed by atoms with E-state index in [0.29, 0.717) is 6.04 Å². The number of aryl methyl sites for hydroxylation is 2. The largest absolute Gasteiger partial charge is 0.306 e. The number of hydrogen-bond acceptors (Lipinski definition) is 2. The third kappa shape index (κ3) is 3.91. The molecule has 0 saturated heterocycles. The topological polar surface area (TPSA) is 12.0 Å². The Morgan fingerprint density at radius 2 is 1.84 bits per heavy atom. The first kappa shape index (κ1) is 14.8. The van der Waals surface area contributed by atoms with Crippen molar-refractivity contribution in [3.05, 3.63) is 55.7 Å². The van der Waals surface area contributed by atoms with Gasteiger partial charge in [0, 0.05) is 4.88 Å². The second-order valence-corrected chi connectivity index (χ2v) is 7.44. The Kier molecular flexibility index (Phi) is 5.20. The Hall–Kier alpha value is -0.640. The van der Waals surface area contributed by atoms with Crippen LogP contribution < -0.4 is 5.32 Å². The summed E-state index contributed by atoms with van der Waals surface area (Å²) in [4.78, 5) is 1.37. The first-order valence-electron chi connectivity index (χ1n) is 6.67. The summed E-state index contributed by atoms with van der Waals surface area (Å²) in [6.07, 6.45) is 1.15. The average molecular weight is 338 g/mol. The van der Waals surface area contributed by atoms with Crippen LogP contribution in [-0.2, 0) is 0 Å². The van der Waals surface area contributed by atoms with Crippen LogP contribution in [0.15, 0.2) is 34.1 Å². The second-order valence-electron chi connectivity index (χ2n) is 4.95. The fraction of sp³-hybridized carbons (Fsp3) is 0.375. The Labute approximate surface area is 128 Å². The second kappa shape index (κ2) is 6.69. The molecular weight excluding hydrogens is 318 g/mol. The van der Waals surface area contributed by atoms with Crippen LogP contribution in [0.1, 0.15) is 41.0 Å². The fourth-order valence-electron chi connectivity index (χ4n) is 2.33.